The monoisotopic (exact) mass is 220 g/mol. The van der Waals surface area contributed by atoms with E-state index in [1.54, 1.807) is 0 Å². The van der Waals surface area contributed by atoms with Crippen molar-refractivity contribution >= 4 is 0 Å². The van der Waals surface area contributed by atoms with Crippen LogP contribution in [0.25, 0.3) is 0 Å². The van der Waals surface area contributed by atoms with Crippen LogP contribution in [0.4, 0.5) is 0 Å². The lowest BCUT2D eigenvalue weighted by molar-refractivity contribution is -0.0457. The Hall–Kier alpha value is -0.860. The Balaban J connectivity index is 2.26. The Kier molecular flexibility index (Phi) is 3.62. The zero-order valence-corrected chi connectivity index (χ0v) is 10.1. The molecule has 0 bridgehead atoms. The van der Waals surface area contributed by atoms with Gasteiger partial charge in [-0.05, 0) is 32.3 Å². The van der Waals surface area contributed by atoms with Crippen LogP contribution in [-0.2, 0) is 4.74 Å². The van der Waals surface area contributed by atoms with Gasteiger partial charge in [-0.15, -0.1) is 0 Å². The summed E-state index contributed by atoms with van der Waals surface area (Å²) in [4.78, 5) is 0. The van der Waals surface area contributed by atoms with Crippen LogP contribution in [-0.4, -0.2) is 18.3 Å². The van der Waals surface area contributed by atoms with Gasteiger partial charge in [0.1, 0.15) is 0 Å². The van der Waals surface area contributed by atoms with Crippen LogP contribution < -0.4 is 0 Å². The summed E-state index contributed by atoms with van der Waals surface area (Å²) in [7, 11) is 0. The number of aliphatic hydroxyl groups excluding tert-OH is 1. The Labute approximate surface area is 97.3 Å². The largest absolute Gasteiger partial charge is 0.396 e. The first-order chi connectivity index (χ1) is 7.70. The van der Waals surface area contributed by atoms with Crippen molar-refractivity contribution in [3.8, 4) is 0 Å². The highest BCUT2D eigenvalue weighted by molar-refractivity contribution is 5.30. The van der Waals surface area contributed by atoms with Gasteiger partial charge >= 0.3 is 0 Å². The van der Waals surface area contributed by atoms with Gasteiger partial charge in [-0.3, -0.25) is 0 Å². The molecule has 0 saturated carbocycles. The van der Waals surface area contributed by atoms with E-state index in [1.807, 2.05) is 0 Å². The molecule has 2 unspecified atom stereocenters. The smallest absolute Gasteiger partial charge is 0.0875 e. The zero-order valence-electron chi connectivity index (χ0n) is 10.1. The second-order valence-corrected chi connectivity index (χ2v) is 4.80. The van der Waals surface area contributed by atoms with E-state index in [-0.39, 0.29) is 18.6 Å². The summed E-state index contributed by atoms with van der Waals surface area (Å²) in [5.74, 6) is 0.259. The number of aliphatic hydroxyl groups is 1. The predicted octanol–water partition coefficient (Wildman–Crippen LogP) is 2.76. The maximum Gasteiger partial charge on any atom is 0.0875 e. The Morgan fingerprint density at radius 3 is 2.56 bits per heavy atom. The Bertz CT molecular complexity index is 340. The molecule has 1 heterocycles. The van der Waals surface area contributed by atoms with E-state index in [4.69, 9.17) is 4.74 Å². The molecule has 88 valence electrons. The van der Waals surface area contributed by atoms with Crippen molar-refractivity contribution in [2.24, 2.45) is 5.92 Å². The predicted molar refractivity (Wildman–Crippen MR) is 64.4 cm³/mol. The van der Waals surface area contributed by atoms with Crippen molar-refractivity contribution in [1.29, 1.82) is 0 Å². The molecule has 0 aliphatic carbocycles. The lowest BCUT2D eigenvalue weighted by atomic mass is 9.89. The lowest BCUT2D eigenvalue weighted by Gasteiger charge is -2.31. The van der Waals surface area contributed by atoms with E-state index in [1.165, 1.54) is 16.7 Å². The van der Waals surface area contributed by atoms with Crippen molar-refractivity contribution < 1.29 is 9.84 Å². The number of hydrogen-bond acceptors (Lipinski definition) is 2. The second kappa shape index (κ2) is 4.98. The van der Waals surface area contributed by atoms with Gasteiger partial charge in [-0.25, -0.2) is 0 Å². The molecular formula is C14H20O2. The van der Waals surface area contributed by atoms with E-state index in [0.717, 1.165) is 19.4 Å². The number of aryl methyl sites for hydroxylation is 2. The van der Waals surface area contributed by atoms with Crippen molar-refractivity contribution in [2.45, 2.75) is 32.8 Å². The van der Waals surface area contributed by atoms with Crippen molar-refractivity contribution in [3.63, 3.8) is 0 Å². The van der Waals surface area contributed by atoms with Gasteiger partial charge in [0.15, 0.2) is 0 Å². The van der Waals surface area contributed by atoms with Crippen LogP contribution in [0, 0.1) is 19.8 Å². The van der Waals surface area contributed by atoms with Gasteiger partial charge in [0.05, 0.1) is 6.10 Å². The fraction of sp³-hybridized carbons (Fsp3) is 0.571. The standard InChI is InChI=1S/C14H20O2/c1-10-6-11(2)8-13(7-10)14-12(9-15)4-3-5-16-14/h6-8,12,14-15H,3-5,9H2,1-2H3. The quantitative estimate of drug-likeness (QED) is 0.830. The summed E-state index contributed by atoms with van der Waals surface area (Å²) in [5.41, 5.74) is 3.75. The van der Waals surface area contributed by atoms with E-state index in [0.29, 0.717) is 0 Å². The highest BCUT2D eigenvalue weighted by Crippen LogP contribution is 2.33. The van der Waals surface area contributed by atoms with Crippen molar-refractivity contribution in [3.05, 3.63) is 34.9 Å². The van der Waals surface area contributed by atoms with E-state index in [2.05, 4.69) is 32.0 Å². The van der Waals surface area contributed by atoms with Crippen LogP contribution in [0.5, 0.6) is 0 Å². The molecule has 16 heavy (non-hydrogen) atoms. The minimum Gasteiger partial charge on any atom is -0.396 e. The maximum absolute atomic E-state index is 9.38. The van der Waals surface area contributed by atoms with E-state index < -0.39 is 0 Å². The van der Waals surface area contributed by atoms with Crippen LogP contribution in [0.1, 0.15) is 35.6 Å². The fourth-order valence-corrected chi connectivity index (χ4v) is 2.57. The summed E-state index contributed by atoms with van der Waals surface area (Å²) in [5, 5.41) is 9.38. The van der Waals surface area contributed by atoms with Gasteiger partial charge in [0.2, 0.25) is 0 Å². The van der Waals surface area contributed by atoms with Gasteiger partial charge in [-0.1, -0.05) is 29.3 Å². The maximum atomic E-state index is 9.38. The molecule has 2 atom stereocenters. The minimum atomic E-state index is 0.0809. The Morgan fingerprint density at radius 2 is 1.94 bits per heavy atom. The van der Waals surface area contributed by atoms with Crippen molar-refractivity contribution in [2.75, 3.05) is 13.2 Å². The average molecular weight is 220 g/mol. The van der Waals surface area contributed by atoms with E-state index >= 15 is 0 Å². The summed E-state index contributed by atoms with van der Waals surface area (Å²) in [6, 6.07) is 6.51. The van der Waals surface area contributed by atoms with Gasteiger partial charge in [0.25, 0.3) is 0 Å². The molecule has 1 aromatic carbocycles. The third kappa shape index (κ3) is 2.45. The highest BCUT2D eigenvalue weighted by atomic mass is 16.5. The van der Waals surface area contributed by atoms with Crippen LogP contribution in [0.3, 0.4) is 0 Å². The molecule has 0 amide bonds. The van der Waals surface area contributed by atoms with Gasteiger partial charge in [0, 0.05) is 19.1 Å². The molecule has 0 spiro atoms. The molecule has 2 rings (SSSR count). The van der Waals surface area contributed by atoms with Gasteiger partial charge < -0.3 is 9.84 Å². The van der Waals surface area contributed by atoms with Crippen molar-refractivity contribution in [1.82, 2.24) is 0 Å². The normalized spacial score (nSPS) is 25.7. The van der Waals surface area contributed by atoms with Crippen LogP contribution >= 0.6 is 0 Å². The minimum absolute atomic E-state index is 0.0809. The first-order valence-corrected chi connectivity index (χ1v) is 6.01. The Morgan fingerprint density at radius 1 is 1.25 bits per heavy atom. The molecule has 2 nitrogen and oxygen atoms in total. The first kappa shape index (κ1) is 11.6. The van der Waals surface area contributed by atoms with Crippen LogP contribution in [0.15, 0.2) is 18.2 Å². The first-order valence-electron chi connectivity index (χ1n) is 6.01. The molecule has 1 fully saturated rings. The molecule has 0 aromatic heterocycles. The zero-order chi connectivity index (χ0) is 11.5. The average Bonchev–Trinajstić information content (AvgIpc) is 2.27. The number of benzene rings is 1. The SMILES string of the molecule is Cc1cc(C)cc(C2OCCCC2CO)c1. The summed E-state index contributed by atoms with van der Waals surface area (Å²) in [6.07, 6.45) is 2.21. The topological polar surface area (TPSA) is 29.5 Å². The van der Waals surface area contributed by atoms with Gasteiger partial charge in [-0.2, -0.15) is 0 Å². The molecule has 1 saturated heterocycles. The van der Waals surface area contributed by atoms with Crippen LogP contribution in [0.2, 0.25) is 0 Å². The number of ether oxygens (including phenoxy) is 1. The molecule has 0 radical (unpaired) electrons. The molecule has 1 aliphatic rings. The molecule has 2 heteroatoms. The van der Waals surface area contributed by atoms with E-state index in [9.17, 15) is 5.11 Å². The third-order valence-electron chi connectivity index (χ3n) is 3.25. The number of hydrogen-bond donors (Lipinski definition) is 1. The molecular weight excluding hydrogens is 200 g/mol. The second-order valence-electron chi connectivity index (χ2n) is 4.80. The lowest BCUT2D eigenvalue weighted by Crippen LogP contribution is -2.25. The fourth-order valence-electron chi connectivity index (χ4n) is 2.57. The molecule has 1 aromatic rings. The summed E-state index contributed by atoms with van der Waals surface area (Å²) >= 11 is 0. The molecule has 1 aliphatic heterocycles. The third-order valence-corrected chi connectivity index (χ3v) is 3.25. The number of rotatable bonds is 2. The summed E-state index contributed by atoms with van der Waals surface area (Å²) in [6.45, 7) is 5.24. The summed E-state index contributed by atoms with van der Waals surface area (Å²) < 4.78 is 5.82. The highest BCUT2D eigenvalue weighted by Gasteiger charge is 2.26. The molecule has 1 N–H and O–H groups in total.